The Labute approximate surface area is 164 Å². The number of sulfone groups is 1. The van der Waals surface area contributed by atoms with Gasteiger partial charge >= 0.3 is 6.18 Å². The lowest BCUT2D eigenvalue weighted by Gasteiger charge is -2.23. The summed E-state index contributed by atoms with van der Waals surface area (Å²) in [6.45, 7) is 2.56. The van der Waals surface area contributed by atoms with E-state index >= 15 is 0 Å². The van der Waals surface area contributed by atoms with E-state index in [1.165, 1.54) is 25.6 Å². The first kappa shape index (κ1) is 22.2. The Hall–Kier alpha value is -2.08. The first-order chi connectivity index (χ1) is 12.9. The van der Waals surface area contributed by atoms with Crippen LogP contribution in [0, 0.1) is 0 Å². The minimum atomic E-state index is -4.63. The van der Waals surface area contributed by atoms with Crippen molar-refractivity contribution in [3.63, 3.8) is 0 Å². The minimum Gasteiger partial charge on any atom is -0.354 e. The van der Waals surface area contributed by atoms with Crippen molar-refractivity contribution in [3.05, 3.63) is 36.3 Å². The first-order valence-corrected chi connectivity index (χ1v) is 10.5. The average molecular weight is 436 g/mol. The van der Waals surface area contributed by atoms with E-state index in [1.807, 2.05) is 7.05 Å². The molecule has 0 atom stereocenters. The standard InChI is InChI=1S/C16H19F3N4O3S2/c1-15(2,13(24)20-7-9-27-14-21-6-8-23(14)3)28(25,26)12-5-4-11(10-22-12)16(17,18)19/h4-6,8,10H,7,9H2,1-3H3,(H,20,24). The summed E-state index contributed by atoms with van der Waals surface area (Å²) >= 11 is 1.38. The lowest BCUT2D eigenvalue weighted by molar-refractivity contribution is -0.137. The lowest BCUT2D eigenvalue weighted by Crippen LogP contribution is -2.48. The van der Waals surface area contributed by atoms with E-state index in [0.717, 1.165) is 11.2 Å². The number of halogens is 3. The molecule has 0 unspecified atom stereocenters. The van der Waals surface area contributed by atoms with Crippen molar-refractivity contribution in [1.82, 2.24) is 19.9 Å². The quantitative estimate of drug-likeness (QED) is 0.529. The van der Waals surface area contributed by atoms with Gasteiger partial charge in [-0.2, -0.15) is 13.2 Å². The van der Waals surface area contributed by atoms with Crippen LogP contribution in [-0.2, 0) is 27.9 Å². The third-order valence-electron chi connectivity index (χ3n) is 3.95. The molecule has 0 spiro atoms. The number of aromatic nitrogens is 3. The molecule has 0 saturated heterocycles. The molecule has 7 nitrogen and oxygen atoms in total. The molecule has 2 aromatic heterocycles. The van der Waals surface area contributed by atoms with Crippen LogP contribution >= 0.6 is 11.8 Å². The van der Waals surface area contributed by atoms with Crippen LogP contribution in [0.1, 0.15) is 19.4 Å². The van der Waals surface area contributed by atoms with Gasteiger partial charge in [0.05, 0.1) is 5.56 Å². The van der Waals surface area contributed by atoms with Crippen molar-refractivity contribution < 1.29 is 26.4 Å². The highest BCUT2D eigenvalue weighted by molar-refractivity contribution is 7.99. The maximum absolute atomic E-state index is 12.7. The highest BCUT2D eigenvalue weighted by atomic mass is 32.2. The number of carbonyl (C=O) groups excluding carboxylic acids is 1. The Bertz CT molecular complexity index is 939. The van der Waals surface area contributed by atoms with Crippen molar-refractivity contribution >= 4 is 27.5 Å². The highest BCUT2D eigenvalue weighted by Gasteiger charge is 2.44. The molecular formula is C16H19F3N4O3S2. The molecule has 0 aliphatic rings. The van der Waals surface area contributed by atoms with Crippen LogP contribution in [0.5, 0.6) is 0 Å². The third-order valence-corrected chi connectivity index (χ3v) is 7.33. The number of alkyl halides is 3. The van der Waals surface area contributed by atoms with Gasteiger partial charge in [0, 0.05) is 37.9 Å². The minimum absolute atomic E-state index is 0.190. The maximum Gasteiger partial charge on any atom is 0.417 e. The van der Waals surface area contributed by atoms with Gasteiger partial charge in [0.15, 0.2) is 14.9 Å². The van der Waals surface area contributed by atoms with Crippen LogP contribution in [0.2, 0.25) is 0 Å². The van der Waals surface area contributed by atoms with Crippen LogP contribution in [-0.4, -0.2) is 45.9 Å². The van der Waals surface area contributed by atoms with Gasteiger partial charge in [0.25, 0.3) is 0 Å². The number of nitrogens with zero attached hydrogens (tertiary/aromatic N) is 3. The molecule has 0 bridgehead atoms. The number of aryl methyl sites for hydroxylation is 1. The molecule has 12 heteroatoms. The van der Waals surface area contributed by atoms with E-state index in [4.69, 9.17) is 0 Å². The maximum atomic E-state index is 12.7. The van der Waals surface area contributed by atoms with Gasteiger partial charge in [-0.15, -0.1) is 0 Å². The molecule has 28 heavy (non-hydrogen) atoms. The number of rotatable bonds is 7. The lowest BCUT2D eigenvalue weighted by atomic mass is 10.2. The van der Waals surface area contributed by atoms with Crippen molar-refractivity contribution in [2.24, 2.45) is 7.05 Å². The Morgan fingerprint density at radius 3 is 2.43 bits per heavy atom. The normalized spacial score (nSPS) is 12.8. The van der Waals surface area contributed by atoms with Crippen LogP contribution < -0.4 is 5.32 Å². The van der Waals surface area contributed by atoms with Gasteiger partial charge < -0.3 is 9.88 Å². The summed E-state index contributed by atoms with van der Waals surface area (Å²) in [5.41, 5.74) is -1.07. The predicted octanol–water partition coefficient (Wildman–Crippen LogP) is 2.29. The molecule has 2 heterocycles. The summed E-state index contributed by atoms with van der Waals surface area (Å²) in [5, 5.41) is 2.68. The summed E-state index contributed by atoms with van der Waals surface area (Å²) in [6, 6.07) is 1.38. The van der Waals surface area contributed by atoms with E-state index in [2.05, 4.69) is 15.3 Å². The molecule has 0 aliphatic carbocycles. The smallest absolute Gasteiger partial charge is 0.354 e. The molecule has 2 aromatic rings. The highest BCUT2D eigenvalue weighted by Crippen LogP contribution is 2.30. The molecule has 0 radical (unpaired) electrons. The van der Waals surface area contributed by atoms with Crippen LogP contribution in [0.3, 0.4) is 0 Å². The molecule has 2 rings (SSSR count). The van der Waals surface area contributed by atoms with Gasteiger partial charge in [-0.1, -0.05) is 11.8 Å². The number of hydrogen-bond donors (Lipinski definition) is 1. The van der Waals surface area contributed by atoms with Crippen LogP contribution in [0.4, 0.5) is 13.2 Å². The molecule has 0 aliphatic heterocycles. The zero-order chi connectivity index (χ0) is 21.2. The summed E-state index contributed by atoms with van der Waals surface area (Å²) in [7, 11) is -2.48. The zero-order valence-electron chi connectivity index (χ0n) is 15.3. The SMILES string of the molecule is Cn1ccnc1SCCNC(=O)C(C)(C)S(=O)(=O)c1ccc(C(F)(F)F)cn1. The van der Waals surface area contributed by atoms with E-state index in [0.29, 0.717) is 18.0 Å². The van der Waals surface area contributed by atoms with Crippen molar-refractivity contribution in [1.29, 1.82) is 0 Å². The largest absolute Gasteiger partial charge is 0.417 e. The summed E-state index contributed by atoms with van der Waals surface area (Å²) < 4.78 is 63.1. The Morgan fingerprint density at radius 1 is 1.25 bits per heavy atom. The van der Waals surface area contributed by atoms with Gasteiger partial charge in [0.1, 0.15) is 0 Å². The fourth-order valence-corrected chi connectivity index (χ4v) is 4.17. The number of carbonyl (C=O) groups is 1. The Balaban J connectivity index is 2.04. The van der Waals surface area contributed by atoms with E-state index < -0.39 is 37.3 Å². The van der Waals surface area contributed by atoms with Gasteiger partial charge in [-0.05, 0) is 26.0 Å². The molecule has 1 N–H and O–H groups in total. The van der Waals surface area contributed by atoms with Gasteiger partial charge in [-0.25, -0.2) is 18.4 Å². The molecule has 0 aromatic carbocycles. The Kier molecular flexibility index (Phi) is 6.44. The second-order valence-electron chi connectivity index (χ2n) is 6.32. The number of pyridine rings is 1. The monoisotopic (exact) mass is 436 g/mol. The molecule has 0 fully saturated rings. The van der Waals surface area contributed by atoms with Crippen molar-refractivity contribution in [2.45, 2.75) is 35.0 Å². The van der Waals surface area contributed by atoms with E-state index in [-0.39, 0.29) is 6.54 Å². The number of imidazole rings is 1. The van der Waals surface area contributed by atoms with Crippen molar-refractivity contribution in [3.8, 4) is 0 Å². The van der Waals surface area contributed by atoms with Gasteiger partial charge in [-0.3, -0.25) is 4.79 Å². The third kappa shape index (κ3) is 4.66. The summed E-state index contributed by atoms with van der Waals surface area (Å²) in [6.07, 6.45) is -0.793. The number of thioether (sulfide) groups is 1. The van der Waals surface area contributed by atoms with Crippen LogP contribution in [0.15, 0.2) is 40.9 Å². The van der Waals surface area contributed by atoms with Crippen LogP contribution in [0.25, 0.3) is 0 Å². The second kappa shape index (κ2) is 8.11. The fourth-order valence-electron chi connectivity index (χ4n) is 2.10. The summed E-state index contributed by atoms with van der Waals surface area (Å²) in [5.74, 6) is -0.305. The first-order valence-electron chi connectivity index (χ1n) is 8.03. The molecule has 0 saturated carbocycles. The second-order valence-corrected chi connectivity index (χ2v) is 9.83. The molecule has 1 amide bonds. The molecular weight excluding hydrogens is 417 g/mol. The number of hydrogen-bond acceptors (Lipinski definition) is 6. The topological polar surface area (TPSA) is 94.0 Å². The van der Waals surface area contributed by atoms with Crippen molar-refractivity contribution in [2.75, 3.05) is 12.3 Å². The average Bonchev–Trinajstić information content (AvgIpc) is 3.02. The number of amides is 1. The fraction of sp³-hybridized carbons (Fsp3) is 0.438. The Morgan fingerprint density at radius 2 is 1.93 bits per heavy atom. The molecule has 154 valence electrons. The van der Waals surface area contributed by atoms with E-state index in [9.17, 15) is 26.4 Å². The predicted molar refractivity (Wildman–Crippen MR) is 97.4 cm³/mol. The van der Waals surface area contributed by atoms with Gasteiger partial charge in [0.2, 0.25) is 15.7 Å². The van der Waals surface area contributed by atoms with E-state index in [1.54, 1.807) is 17.0 Å². The zero-order valence-corrected chi connectivity index (χ0v) is 17.0. The summed E-state index contributed by atoms with van der Waals surface area (Å²) in [4.78, 5) is 19.9. The number of nitrogens with one attached hydrogen (secondary N) is 1.